The molecule has 0 spiro atoms. The molecule has 1 saturated heterocycles. The van der Waals surface area contributed by atoms with Crippen LogP contribution in [-0.4, -0.2) is 54.2 Å². The summed E-state index contributed by atoms with van der Waals surface area (Å²) in [5, 5.41) is 10.7. The molecular weight excluding hydrogens is 449 g/mol. The van der Waals surface area contributed by atoms with E-state index in [-0.39, 0.29) is 26.8 Å². The van der Waals surface area contributed by atoms with Gasteiger partial charge in [0.05, 0.1) is 16.8 Å². The van der Waals surface area contributed by atoms with Gasteiger partial charge >= 0.3 is 0 Å². The SMILES string of the molecule is CS(=O)(=O)Nc1nnc(NC(=O)C2CCCN2C(=O)c2cc(Cl)ccc2Cl)s1. The summed E-state index contributed by atoms with van der Waals surface area (Å²) in [5.74, 6) is -0.826. The summed E-state index contributed by atoms with van der Waals surface area (Å²) in [6.07, 6.45) is 2.11. The monoisotopic (exact) mass is 463 g/mol. The molecule has 0 aliphatic carbocycles. The van der Waals surface area contributed by atoms with Crippen LogP contribution in [0.25, 0.3) is 0 Å². The maximum Gasteiger partial charge on any atom is 0.256 e. The van der Waals surface area contributed by atoms with E-state index >= 15 is 0 Å². The van der Waals surface area contributed by atoms with Gasteiger partial charge in [0.2, 0.25) is 26.2 Å². The van der Waals surface area contributed by atoms with Crippen LogP contribution in [0.4, 0.5) is 10.3 Å². The van der Waals surface area contributed by atoms with Gasteiger partial charge in [-0.2, -0.15) is 0 Å². The van der Waals surface area contributed by atoms with Crippen LogP contribution in [0.3, 0.4) is 0 Å². The Bertz CT molecular complexity index is 1030. The Morgan fingerprint density at radius 2 is 1.96 bits per heavy atom. The molecule has 150 valence electrons. The van der Waals surface area contributed by atoms with Crippen molar-refractivity contribution in [3.8, 4) is 0 Å². The minimum Gasteiger partial charge on any atom is -0.327 e. The number of likely N-dealkylation sites (tertiary alicyclic amines) is 1. The maximum atomic E-state index is 12.8. The lowest BCUT2D eigenvalue weighted by molar-refractivity contribution is -0.119. The third-order valence-corrected chi connectivity index (χ3v) is 5.92. The first-order valence-corrected chi connectivity index (χ1v) is 11.5. The quantitative estimate of drug-likeness (QED) is 0.701. The van der Waals surface area contributed by atoms with Crippen LogP contribution < -0.4 is 10.0 Å². The predicted molar refractivity (Wildman–Crippen MR) is 108 cm³/mol. The lowest BCUT2D eigenvalue weighted by Crippen LogP contribution is -2.43. The van der Waals surface area contributed by atoms with Crippen molar-refractivity contribution in [2.75, 3.05) is 22.8 Å². The van der Waals surface area contributed by atoms with E-state index in [0.29, 0.717) is 24.4 Å². The zero-order valence-electron chi connectivity index (χ0n) is 14.5. The number of hydrogen-bond donors (Lipinski definition) is 2. The van der Waals surface area contributed by atoms with E-state index in [1.54, 1.807) is 6.07 Å². The number of halogens is 2. The van der Waals surface area contributed by atoms with Crippen LogP contribution in [0.1, 0.15) is 23.2 Å². The molecule has 9 nitrogen and oxygen atoms in total. The molecule has 0 radical (unpaired) electrons. The molecule has 1 atom stereocenters. The molecule has 2 N–H and O–H groups in total. The number of sulfonamides is 1. The molecule has 1 fully saturated rings. The van der Waals surface area contributed by atoms with Crippen molar-refractivity contribution in [2.24, 2.45) is 0 Å². The first-order chi connectivity index (χ1) is 13.1. The molecule has 28 heavy (non-hydrogen) atoms. The van der Waals surface area contributed by atoms with Crippen LogP contribution in [0.2, 0.25) is 10.0 Å². The molecule has 2 aromatic rings. The number of anilines is 2. The lowest BCUT2D eigenvalue weighted by atomic mass is 10.1. The summed E-state index contributed by atoms with van der Waals surface area (Å²) in [6.45, 7) is 0.400. The Morgan fingerprint density at radius 1 is 1.25 bits per heavy atom. The van der Waals surface area contributed by atoms with Gasteiger partial charge in [-0.3, -0.25) is 19.6 Å². The highest BCUT2D eigenvalue weighted by atomic mass is 35.5. The van der Waals surface area contributed by atoms with E-state index in [4.69, 9.17) is 23.2 Å². The number of amides is 2. The number of aromatic nitrogens is 2. The maximum absolute atomic E-state index is 12.8. The highest BCUT2D eigenvalue weighted by Gasteiger charge is 2.35. The summed E-state index contributed by atoms with van der Waals surface area (Å²) in [7, 11) is -3.50. The summed E-state index contributed by atoms with van der Waals surface area (Å²) in [4.78, 5) is 26.9. The fourth-order valence-electron chi connectivity index (χ4n) is 2.76. The highest BCUT2D eigenvalue weighted by Crippen LogP contribution is 2.27. The Labute approximate surface area is 175 Å². The van der Waals surface area contributed by atoms with Crippen LogP contribution >= 0.6 is 34.5 Å². The second kappa shape index (κ2) is 8.19. The molecule has 13 heteroatoms. The van der Waals surface area contributed by atoms with E-state index in [9.17, 15) is 18.0 Å². The zero-order chi connectivity index (χ0) is 20.5. The van der Waals surface area contributed by atoms with Gasteiger partial charge in [-0.25, -0.2) is 8.42 Å². The molecule has 1 aliphatic rings. The molecule has 2 heterocycles. The van der Waals surface area contributed by atoms with E-state index < -0.39 is 22.0 Å². The summed E-state index contributed by atoms with van der Waals surface area (Å²) in [6, 6.07) is 3.86. The average molecular weight is 464 g/mol. The molecule has 0 bridgehead atoms. The van der Waals surface area contributed by atoms with Gasteiger partial charge in [0.15, 0.2) is 0 Å². The largest absolute Gasteiger partial charge is 0.327 e. The molecule has 1 unspecified atom stereocenters. The number of carbonyl (C=O) groups excluding carboxylic acids is 2. The van der Waals surface area contributed by atoms with Crippen molar-refractivity contribution in [2.45, 2.75) is 18.9 Å². The fraction of sp³-hybridized carbons (Fsp3) is 0.333. The molecule has 1 aromatic carbocycles. The van der Waals surface area contributed by atoms with Crippen molar-refractivity contribution < 1.29 is 18.0 Å². The van der Waals surface area contributed by atoms with Crippen molar-refractivity contribution in [1.82, 2.24) is 15.1 Å². The predicted octanol–water partition coefficient (Wildman–Crippen LogP) is 2.46. The van der Waals surface area contributed by atoms with Gasteiger partial charge in [-0.15, -0.1) is 10.2 Å². The number of benzene rings is 1. The van der Waals surface area contributed by atoms with Crippen molar-refractivity contribution in [3.63, 3.8) is 0 Å². The van der Waals surface area contributed by atoms with Crippen molar-refractivity contribution >= 4 is 66.6 Å². The Balaban J connectivity index is 1.73. The second-order valence-electron chi connectivity index (χ2n) is 6.06. The molecular formula is C15H15Cl2N5O4S2. The molecule has 3 rings (SSSR count). The van der Waals surface area contributed by atoms with Gasteiger partial charge in [0, 0.05) is 11.6 Å². The Hall–Kier alpha value is -1.95. The standard InChI is InChI=1S/C15H15Cl2N5O4S2/c1-28(25,26)21-15-20-19-14(27-15)18-12(23)11-3-2-6-22(11)13(24)9-7-8(16)4-5-10(9)17/h4-5,7,11H,2-3,6H2,1H3,(H,20,21)(H,18,19,23). The Kier molecular flexibility index (Phi) is 6.08. The average Bonchev–Trinajstić information content (AvgIpc) is 3.24. The molecule has 1 aromatic heterocycles. The Morgan fingerprint density at radius 3 is 2.68 bits per heavy atom. The third-order valence-electron chi connectivity index (χ3n) is 3.90. The number of rotatable bonds is 5. The number of hydrogen-bond acceptors (Lipinski definition) is 7. The van der Waals surface area contributed by atoms with Crippen molar-refractivity contribution in [3.05, 3.63) is 33.8 Å². The minimum absolute atomic E-state index is 0.0304. The third kappa shape index (κ3) is 4.90. The van der Waals surface area contributed by atoms with Gasteiger partial charge in [0.25, 0.3) is 5.91 Å². The zero-order valence-corrected chi connectivity index (χ0v) is 17.6. The van der Waals surface area contributed by atoms with E-state index in [0.717, 1.165) is 17.6 Å². The van der Waals surface area contributed by atoms with Crippen LogP contribution in [0.15, 0.2) is 18.2 Å². The molecule has 0 saturated carbocycles. The van der Waals surface area contributed by atoms with Crippen LogP contribution in [-0.2, 0) is 14.8 Å². The van der Waals surface area contributed by atoms with Crippen LogP contribution in [0.5, 0.6) is 0 Å². The van der Waals surface area contributed by atoms with Crippen molar-refractivity contribution in [1.29, 1.82) is 0 Å². The number of nitrogens with zero attached hydrogens (tertiary/aromatic N) is 3. The van der Waals surface area contributed by atoms with Gasteiger partial charge in [-0.05, 0) is 31.0 Å². The topological polar surface area (TPSA) is 121 Å². The number of carbonyl (C=O) groups is 2. The smallest absolute Gasteiger partial charge is 0.256 e. The van der Waals surface area contributed by atoms with Crippen LogP contribution in [0, 0.1) is 0 Å². The second-order valence-corrected chi connectivity index (χ2v) is 9.63. The first-order valence-electron chi connectivity index (χ1n) is 8.02. The molecule has 2 amide bonds. The first kappa shape index (κ1) is 20.8. The highest BCUT2D eigenvalue weighted by molar-refractivity contribution is 7.92. The van der Waals surface area contributed by atoms with Gasteiger partial charge in [0.1, 0.15) is 6.04 Å². The summed E-state index contributed by atoms with van der Waals surface area (Å²) in [5.41, 5.74) is 0.226. The van der Waals surface area contributed by atoms with E-state index in [1.165, 1.54) is 17.0 Å². The minimum atomic E-state index is -3.50. The summed E-state index contributed by atoms with van der Waals surface area (Å²) >= 11 is 12.9. The fourth-order valence-corrected chi connectivity index (χ4v) is 4.61. The molecule has 1 aliphatic heterocycles. The summed E-state index contributed by atoms with van der Waals surface area (Å²) < 4.78 is 24.6. The number of nitrogens with one attached hydrogen (secondary N) is 2. The van der Waals surface area contributed by atoms with E-state index in [2.05, 4.69) is 20.2 Å². The van der Waals surface area contributed by atoms with E-state index in [1.807, 2.05) is 0 Å². The normalized spacial score (nSPS) is 16.8. The van der Waals surface area contributed by atoms with Gasteiger partial charge in [-0.1, -0.05) is 34.5 Å². The lowest BCUT2D eigenvalue weighted by Gasteiger charge is -2.24. The van der Waals surface area contributed by atoms with Gasteiger partial charge < -0.3 is 4.90 Å².